The van der Waals surface area contributed by atoms with E-state index in [0.717, 1.165) is 23.3 Å². The number of benzene rings is 1. The van der Waals surface area contributed by atoms with Gasteiger partial charge in [-0.25, -0.2) is 4.98 Å². The van der Waals surface area contributed by atoms with Crippen molar-refractivity contribution in [3.05, 3.63) is 47.7 Å². The molecule has 2 aromatic rings. The van der Waals surface area contributed by atoms with Gasteiger partial charge in [-0.05, 0) is 49.2 Å². The molecule has 2 rings (SSSR count). The van der Waals surface area contributed by atoms with Crippen LogP contribution in [-0.4, -0.2) is 16.7 Å². The van der Waals surface area contributed by atoms with E-state index in [4.69, 9.17) is 14.6 Å². The number of hydrogen-bond donors (Lipinski definition) is 1. The molecule has 1 heterocycles. The molecule has 0 fully saturated rings. The van der Waals surface area contributed by atoms with Crippen molar-refractivity contribution in [3.63, 3.8) is 0 Å². The predicted octanol–water partition coefficient (Wildman–Crippen LogP) is 3.46. The molecule has 20 heavy (non-hydrogen) atoms. The van der Waals surface area contributed by atoms with Crippen molar-refractivity contribution in [2.45, 2.75) is 26.9 Å². The third-order valence-corrected chi connectivity index (χ3v) is 2.78. The molecular weight excluding hydrogens is 254 g/mol. The van der Waals surface area contributed by atoms with Crippen LogP contribution in [0.2, 0.25) is 0 Å². The van der Waals surface area contributed by atoms with E-state index >= 15 is 0 Å². The van der Waals surface area contributed by atoms with Crippen LogP contribution >= 0.6 is 0 Å². The number of aliphatic hydroxyl groups is 1. The molecule has 0 radical (unpaired) electrons. The van der Waals surface area contributed by atoms with Gasteiger partial charge in [0.2, 0.25) is 5.88 Å². The van der Waals surface area contributed by atoms with Crippen LogP contribution in [0.4, 0.5) is 0 Å². The standard InChI is InChI=1S/C16H19NO3/c1-3-8-19-14-4-6-15(7-5-14)20-16-12(2)9-13(11-18)10-17-16/h4-7,9-10,18H,3,8,11H2,1-2H3. The Balaban J connectivity index is 2.06. The molecule has 0 atom stereocenters. The average molecular weight is 273 g/mol. The molecule has 1 aromatic carbocycles. The molecule has 0 saturated heterocycles. The van der Waals surface area contributed by atoms with Gasteiger partial charge in [0.25, 0.3) is 0 Å². The van der Waals surface area contributed by atoms with Gasteiger partial charge >= 0.3 is 0 Å². The predicted molar refractivity (Wildman–Crippen MR) is 77.2 cm³/mol. The Morgan fingerprint density at radius 2 is 1.85 bits per heavy atom. The summed E-state index contributed by atoms with van der Waals surface area (Å²) in [5, 5.41) is 9.05. The largest absolute Gasteiger partial charge is 0.494 e. The summed E-state index contributed by atoms with van der Waals surface area (Å²) in [6, 6.07) is 9.32. The number of hydrogen-bond acceptors (Lipinski definition) is 4. The Labute approximate surface area is 119 Å². The highest BCUT2D eigenvalue weighted by Crippen LogP contribution is 2.25. The fourth-order valence-electron chi connectivity index (χ4n) is 1.75. The van der Waals surface area contributed by atoms with Gasteiger partial charge in [-0.15, -0.1) is 0 Å². The number of ether oxygens (including phenoxy) is 2. The first-order valence-electron chi connectivity index (χ1n) is 6.70. The van der Waals surface area contributed by atoms with E-state index < -0.39 is 0 Å². The van der Waals surface area contributed by atoms with Gasteiger partial charge in [-0.3, -0.25) is 0 Å². The first-order chi connectivity index (χ1) is 9.72. The van der Waals surface area contributed by atoms with E-state index in [-0.39, 0.29) is 6.61 Å². The van der Waals surface area contributed by atoms with Gasteiger partial charge in [-0.1, -0.05) is 6.92 Å². The molecule has 0 bridgehead atoms. The van der Waals surface area contributed by atoms with Gasteiger partial charge in [0.05, 0.1) is 13.2 Å². The zero-order valence-electron chi connectivity index (χ0n) is 11.8. The smallest absolute Gasteiger partial charge is 0.222 e. The van der Waals surface area contributed by atoms with E-state index in [0.29, 0.717) is 18.2 Å². The van der Waals surface area contributed by atoms with E-state index in [1.165, 1.54) is 0 Å². The van der Waals surface area contributed by atoms with Crippen LogP contribution in [0.25, 0.3) is 0 Å². The van der Waals surface area contributed by atoms with Gasteiger partial charge in [0.15, 0.2) is 0 Å². The number of rotatable bonds is 6. The molecule has 0 amide bonds. The summed E-state index contributed by atoms with van der Waals surface area (Å²) in [5.41, 5.74) is 1.67. The van der Waals surface area contributed by atoms with E-state index in [1.54, 1.807) is 6.20 Å². The number of aliphatic hydroxyl groups excluding tert-OH is 1. The zero-order valence-corrected chi connectivity index (χ0v) is 11.8. The molecule has 1 N–H and O–H groups in total. The molecule has 0 aliphatic rings. The van der Waals surface area contributed by atoms with Gasteiger partial charge < -0.3 is 14.6 Å². The Morgan fingerprint density at radius 1 is 1.15 bits per heavy atom. The molecule has 0 saturated carbocycles. The molecule has 0 spiro atoms. The normalized spacial score (nSPS) is 10.3. The second-order valence-electron chi connectivity index (χ2n) is 4.55. The van der Waals surface area contributed by atoms with Crippen LogP contribution in [0.3, 0.4) is 0 Å². The minimum absolute atomic E-state index is 0.0163. The highest BCUT2D eigenvalue weighted by molar-refractivity contribution is 5.36. The summed E-state index contributed by atoms with van der Waals surface area (Å²) in [4.78, 5) is 4.20. The first kappa shape index (κ1) is 14.3. The molecule has 1 aromatic heterocycles. The third kappa shape index (κ3) is 3.71. The van der Waals surface area contributed by atoms with E-state index in [1.807, 2.05) is 37.3 Å². The van der Waals surface area contributed by atoms with Crippen molar-refractivity contribution >= 4 is 0 Å². The number of nitrogens with zero attached hydrogens (tertiary/aromatic N) is 1. The zero-order chi connectivity index (χ0) is 14.4. The summed E-state index contributed by atoms with van der Waals surface area (Å²) >= 11 is 0. The van der Waals surface area contributed by atoms with E-state index in [2.05, 4.69) is 11.9 Å². The highest BCUT2D eigenvalue weighted by atomic mass is 16.5. The lowest BCUT2D eigenvalue weighted by atomic mass is 10.2. The molecule has 0 unspecified atom stereocenters. The summed E-state index contributed by atoms with van der Waals surface area (Å²) in [6.45, 7) is 4.67. The Hall–Kier alpha value is -2.07. The van der Waals surface area contributed by atoms with Crippen molar-refractivity contribution in [3.8, 4) is 17.4 Å². The van der Waals surface area contributed by atoms with Crippen LogP contribution in [0.5, 0.6) is 17.4 Å². The maximum absolute atomic E-state index is 9.05. The lowest BCUT2D eigenvalue weighted by molar-refractivity contribution is 0.281. The topological polar surface area (TPSA) is 51.6 Å². The fraction of sp³-hybridized carbons (Fsp3) is 0.312. The highest BCUT2D eigenvalue weighted by Gasteiger charge is 2.04. The fourth-order valence-corrected chi connectivity index (χ4v) is 1.75. The molecule has 4 nitrogen and oxygen atoms in total. The molecule has 0 aliphatic carbocycles. The average Bonchev–Trinajstić information content (AvgIpc) is 2.48. The Bertz CT molecular complexity index is 552. The maximum atomic E-state index is 9.05. The number of aromatic nitrogens is 1. The SMILES string of the molecule is CCCOc1ccc(Oc2ncc(CO)cc2C)cc1. The minimum Gasteiger partial charge on any atom is -0.494 e. The third-order valence-electron chi connectivity index (χ3n) is 2.78. The minimum atomic E-state index is -0.0163. The van der Waals surface area contributed by atoms with Crippen LogP contribution in [0.15, 0.2) is 36.5 Å². The lowest BCUT2D eigenvalue weighted by Crippen LogP contribution is -1.96. The maximum Gasteiger partial charge on any atom is 0.222 e. The van der Waals surface area contributed by atoms with Crippen LogP contribution < -0.4 is 9.47 Å². The number of pyridine rings is 1. The lowest BCUT2D eigenvalue weighted by Gasteiger charge is -2.09. The quantitative estimate of drug-likeness (QED) is 0.875. The second kappa shape index (κ2) is 6.91. The number of aryl methyl sites for hydroxylation is 1. The molecule has 4 heteroatoms. The van der Waals surface area contributed by atoms with Crippen molar-refractivity contribution < 1.29 is 14.6 Å². The van der Waals surface area contributed by atoms with Crippen molar-refractivity contribution in [1.82, 2.24) is 4.98 Å². The van der Waals surface area contributed by atoms with Gasteiger partial charge in [0.1, 0.15) is 11.5 Å². The second-order valence-corrected chi connectivity index (χ2v) is 4.55. The Morgan fingerprint density at radius 3 is 2.45 bits per heavy atom. The van der Waals surface area contributed by atoms with E-state index in [9.17, 15) is 0 Å². The summed E-state index contributed by atoms with van der Waals surface area (Å²) in [7, 11) is 0. The van der Waals surface area contributed by atoms with Gasteiger partial charge in [-0.2, -0.15) is 0 Å². The first-order valence-corrected chi connectivity index (χ1v) is 6.70. The Kier molecular flexibility index (Phi) is 4.96. The summed E-state index contributed by atoms with van der Waals surface area (Å²) in [5.74, 6) is 2.09. The monoisotopic (exact) mass is 273 g/mol. The van der Waals surface area contributed by atoms with Crippen molar-refractivity contribution in [2.24, 2.45) is 0 Å². The molecule has 106 valence electrons. The van der Waals surface area contributed by atoms with Gasteiger partial charge in [0, 0.05) is 11.8 Å². The summed E-state index contributed by atoms with van der Waals surface area (Å²) < 4.78 is 11.2. The molecular formula is C16H19NO3. The van der Waals surface area contributed by atoms with Crippen LogP contribution in [0, 0.1) is 6.92 Å². The van der Waals surface area contributed by atoms with Crippen molar-refractivity contribution in [1.29, 1.82) is 0 Å². The summed E-state index contributed by atoms with van der Waals surface area (Å²) in [6.07, 6.45) is 2.60. The van der Waals surface area contributed by atoms with Crippen LogP contribution in [0.1, 0.15) is 24.5 Å². The molecule has 0 aliphatic heterocycles. The van der Waals surface area contributed by atoms with Crippen molar-refractivity contribution in [2.75, 3.05) is 6.61 Å². The van der Waals surface area contributed by atoms with Crippen LogP contribution in [-0.2, 0) is 6.61 Å².